The van der Waals surface area contributed by atoms with Gasteiger partial charge >= 0.3 is 0 Å². The van der Waals surface area contributed by atoms with Gasteiger partial charge in [-0.1, -0.05) is 25.1 Å². The number of nitrogens with zero attached hydrogens (tertiary/aromatic N) is 2. The van der Waals surface area contributed by atoms with Gasteiger partial charge in [-0.15, -0.1) is 11.3 Å². The highest BCUT2D eigenvalue weighted by molar-refractivity contribution is 7.89. The Labute approximate surface area is 155 Å². The van der Waals surface area contributed by atoms with Crippen LogP contribution in [0.4, 0.5) is 5.69 Å². The van der Waals surface area contributed by atoms with E-state index in [0.29, 0.717) is 22.5 Å². The Kier molecular flexibility index (Phi) is 5.24. The lowest BCUT2D eigenvalue weighted by Crippen LogP contribution is -2.31. The van der Waals surface area contributed by atoms with E-state index in [0.717, 1.165) is 16.6 Å². The number of fused-ring (bicyclic) bond motifs is 1. The Morgan fingerprint density at radius 2 is 1.96 bits per heavy atom. The van der Waals surface area contributed by atoms with Crippen LogP contribution in [0.1, 0.15) is 18.9 Å². The van der Waals surface area contributed by atoms with E-state index in [4.69, 9.17) is 4.74 Å². The zero-order valence-corrected chi connectivity index (χ0v) is 16.0. The zero-order valence-electron chi connectivity index (χ0n) is 14.4. The molecule has 0 N–H and O–H groups in total. The summed E-state index contributed by atoms with van der Waals surface area (Å²) in [6.45, 7) is 2.31. The van der Waals surface area contributed by atoms with Crippen molar-refractivity contribution in [3.8, 4) is 0 Å². The molecular formula is C18H18N2O4S2. The molecule has 0 aliphatic heterocycles. The number of para-hydroxylation sites is 1. The summed E-state index contributed by atoms with van der Waals surface area (Å²) in [7, 11) is -3.78. The van der Waals surface area contributed by atoms with Gasteiger partial charge in [0.1, 0.15) is 10.4 Å². The Bertz CT molecular complexity index is 1110. The molecule has 0 atom stereocenters. The molecule has 3 aromatic rings. The van der Waals surface area contributed by atoms with Gasteiger partial charge in [0.2, 0.25) is 15.9 Å². The summed E-state index contributed by atoms with van der Waals surface area (Å²) in [5.74, 6) is 0.119. The molecular weight excluding hydrogens is 372 g/mol. The van der Waals surface area contributed by atoms with Gasteiger partial charge < -0.3 is 4.74 Å². The lowest BCUT2D eigenvalue weighted by Gasteiger charge is -2.11. The van der Waals surface area contributed by atoms with Crippen LogP contribution in [-0.2, 0) is 14.8 Å². The number of aromatic nitrogens is 1. The highest BCUT2D eigenvalue weighted by Crippen LogP contribution is 2.22. The molecule has 26 heavy (non-hydrogen) atoms. The average Bonchev–Trinajstić information content (AvgIpc) is 3.05. The van der Waals surface area contributed by atoms with Crippen molar-refractivity contribution in [2.75, 3.05) is 12.9 Å². The van der Waals surface area contributed by atoms with Crippen LogP contribution in [0.3, 0.4) is 0 Å². The molecule has 136 valence electrons. The molecule has 0 fully saturated rings. The summed E-state index contributed by atoms with van der Waals surface area (Å²) in [6.07, 6.45) is 1.74. The summed E-state index contributed by atoms with van der Waals surface area (Å²) >= 11 is 1.20. The largest absolute Gasteiger partial charge is 0.477 e. The molecule has 3 rings (SSSR count). The van der Waals surface area contributed by atoms with Crippen molar-refractivity contribution < 1.29 is 13.2 Å². The first kappa shape index (κ1) is 18.3. The maximum absolute atomic E-state index is 13.0. The predicted molar refractivity (Wildman–Crippen MR) is 105 cm³/mol. The standard InChI is InChI=1S/C18H18N2O4S2/c1-3-10-24-16(19-14-7-5-4-6-8-14)15-12-13-9-11-25-18(13)20(17(15)21)26(2,22)23/h4-9,11-12H,3,10H2,1-2H3. The van der Waals surface area contributed by atoms with Crippen LogP contribution in [0.5, 0.6) is 0 Å². The highest BCUT2D eigenvalue weighted by atomic mass is 32.2. The van der Waals surface area contributed by atoms with E-state index in [-0.39, 0.29) is 11.5 Å². The fourth-order valence-electron chi connectivity index (χ4n) is 2.45. The van der Waals surface area contributed by atoms with Crippen molar-refractivity contribution in [3.63, 3.8) is 0 Å². The molecule has 0 saturated carbocycles. The number of ether oxygens (including phenoxy) is 1. The Balaban J connectivity index is 2.28. The summed E-state index contributed by atoms with van der Waals surface area (Å²) < 4.78 is 30.9. The van der Waals surface area contributed by atoms with E-state index in [2.05, 4.69) is 4.99 Å². The van der Waals surface area contributed by atoms with Crippen molar-refractivity contribution >= 4 is 43.2 Å². The van der Waals surface area contributed by atoms with Crippen molar-refractivity contribution in [1.29, 1.82) is 0 Å². The number of aliphatic imine (C=N–C) groups is 1. The molecule has 2 heterocycles. The molecule has 0 aliphatic carbocycles. The van der Waals surface area contributed by atoms with Gasteiger partial charge in [0.15, 0.2) is 0 Å². The lowest BCUT2D eigenvalue weighted by atomic mass is 10.2. The number of rotatable bonds is 5. The van der Waals surface area contributed by atoms with Gasteiger partial charge in [0.05, 0.1) is 18.6 Å². The molecule has 8 heteroatoms. The van der Waals surface area contributed by atoms with Crippen LogP contribution in [0, 0.1) is 0 Å². The first-order chi connectivity index (χ1) is 12.4. The number of hydrogen-bond acceptors (Lipinski definition) is 6. The number of thiophene rings is 1. The van der Waals surface area contributed by atoms with E-state index >= 15 is 0 Å². The minimum absolute atomic E-state index is 0.119. The fourth-order valence-corrected chi connectivity index (χ4v) is 4.57. The van der Waals surface area contributed by atoms with Crippen molar-refractivity contribution in [1.82, 2.24) is 3.97 Å². The monoisotopic (exact) mass is 390 g/mol. The van der Waals surface area contributed by atoms with Crippen LogP contribution in [0.2, 0.25) is 0 Å². The minimum Gasteiger partial charge on any atom is -0.477 e. The van der Waals surface area contributed by atoms with Crippen LogP contribution in [0.15, 0.2) is 57.6 Å². The van der Waals surface area contributed by atoms with E-state index in [1.807, 2.05) is 25.1 Å². The Morgan fingerprint density at radius 3 is 2.62 bits per heavy atom. The summed E-state index contributed by atoms with van der Waals surface area (Å²) in [5, 5.41) is 2.40. The maximum Gasteiger partial charge on any atom is 0.278 e. The number of benzene rings is 1. The third-order valence-corrected chi connectivity index (χ3v) is 5.61. The predicted octanol–water partition coefficient (Wildman–Crippen LogP) is 3.38. The molecule has 0 saturated heterocycles. The second-order valence-electron chi connectivity index (χ2n) is 5.67. The quantitative estimate of drug-likeness (QED) is 0.494. The SMILES string of the molecule is CCCOC(=Nc1ccccc1)c1cc2ccsc2n(S(C)(=O)=O)c1=O. The molecule has 6 nitrogen and oxygen atoms in total. The van der Waals surface area contributed by atoms with Crippen molar-refractivity contribution in [2.45, 2.75) is 13.3 Å². The van der Waals surface area contributed by atoms with Crippen molar-refractivity contribution in [2.24, 2.45) is 4.99 Å². The first-order valence-electron chi connectivity index (χ1n) is 8.02. The van der Waals surface area contributed by atoms with Crippen LogP contribution in [0.25, 0.3) is 10.2 Å². The molecule has 0 amide bonds. The lowest BCUT2D eigenvalue weighted by molar-refractivity contribution is 0.305. The Hall–Kier alpha value is -2.45. The number of pyridine rings is 1. The molecule has 2 aromatic heterocycles. The van der Waals surface area contributed by atoms with E-state index in [1.165, 1.54) is 11.3 Å². The Morgan fingerprint density at radius 1 is 1.23 bits per heavy atom. The summed E-state index contributed by atoms with van der Waals surface area (Å²) in [6, 6.07) is 12.5. The molecule has 0 spiro atoms. The molecule has 0 radical (unpaired) electrons. The van der Waals surface area contributed by atoms with Gasteiger partial charge in [-0.25, -0.2) is 13.4 Å². The topological polar surface area (TPSA) is 77.7 Å². The molecule has 0 bridgehead atoms. The van der Waals surface area contributed by atoms with Crippen LogP contribution >= 0.6 is 11.3 Å². The minimum atomic E-state index is -3.78. The third-order valence-electron chi connectivity index (χ3n) is 3.57. The van der Waals surface area contributed by atoms with Crippen LogP contribution < -0.4 is 5.56 Å². The molecule has 1 aromatic carbocycles. The summed E-state index contributed by atoms with van der Waals surface area (Å²) in [4.78, 5) is 17.8. The fraction of sp³-hybridized carbons (Fsp3) is 0.222. The first-order valence-corrected chi connectivity index (χ1v) is 10.8. The van der Waals surface area contributed by atoms with Crippen molar-refractivity contribution in [3.05, 3.63) is 63.8 Å². The van der Waals surface area contributed by atoms with Gasteiger partial charge in [0.25, 0.3) is 5.56 Å². The normalized spacial score (nSPS) is 12.5. The second-order valence-corrected chi connectivity index (χ2v) is 8.40. The maximum atomic E-state index is 13.0. The average molecular weight is 390 g/mol. The zero-order chi connectivity index (χ0) is 18.7. The molecule has 0 unspecified atom stereocenters. The highest BCUT2D eigenvalue weighted by Gasteiger charge is 2.21. The smallest absolute Gasteiger partial charge is 0.278 e. The van der Waals surface area contributed by atoms with Gasteiger partial charge in [-0.2, -0.15) is 3.97 Å². The van der Waals surface area contributed by atoms with Crippen LogP contribution in [-0.4, -0.2) is 31.2 Å². The van der Waals surface area contributed by atoms with Gasteiger partial charge in [-0.3, -0.25) is 4.79 Å². The molecule has 0 aliphatic rings. The second kappa shape index (κ2) is 7.43. The number of hydrogen-bond donors (Lipinski definition) is 0. The van der Waals surface area contributed by atoms with E-state index in [1.54, 1.807) is 29.6 Å². The van der Waals surface area contributed by atoms with Gasteiger partial charge in [-0.05, 0) is 36.1 Å². The van der Waals surface area contributed by atoms with E-state index in [9.17, 15) is 13.2 Å². The van der Waals surface area contributed by atoms with E-state index < -0.39 is 15.6 Å². The third kappa shape index (κ3) is 3.71. The van der Waals surface area contributed by atoms with Gasteiger partial charge in [0, 0.05) is 5.39 Å². The summed E-state index contributed by atoms with van der Waals surface area (Å²) in [5.41, 5.74) is 0.0844.